The molecule has 0 atom stereocenters. The van der Waals surface area contributed by atoms with Crippen LogP contribution in [-0.4, -0.2) is 80.8 Å². The average Bonchev–Trinajstić information content (AvgIpc) is 3.35. The van der Waals surface area contributed by atoms with Crippen molar-refractivity contribution < 1.29 is 4.79 Å². The predicted molar refractivity (Wildman–Crippen MR) is 121 cm³/mol. The number of thiophene rings is 1. The Morgan fingerprint density at radius 3 is 2.47 bits per heavy atom. The van der Waals surface area contributed by atoms with Crippen LogP contribution in [0.5, 0.6) is 0 Å². The van der Waals surface area contributed by atoms with Crippen LogP contribution >= 0.6 is 23.6 Å². The summed E-state index contributed by atoms with van der Waals surface area (Å²) < 4.78 is 5.09. The summed E-state index contributed by atoms with van der Waals surface area (Å²) in [6.07, 6.45) is 5.96. The fraction of sp³-hybridized carbons (Fsp3) is 0.667. The lowest BCUT2D eigenvalue weighted by Crippen LogP contribution is -2.50. The Bertz CT molecular complexity index is 918. The molecule has 9 heteroatoms. The molecule has 2 aromatic heterocycles. The van der Waals surface area contributed by atoms with Crippen molar-refractivity contribution in [2.45, 2.75) is 44.8 Å². The van der Waals surface area contributed by atoms with Gasteiger partial charge in [-0.05, 0) is 55.8 Å². The van der Waals surface area contributed by atoms with Crippen molar-refractivity contribution in [1.82, 2.24) is 29.0 Å². The number of carbonyl (C=O) groups is 1. The quantitative estimate of drug-likeness (QED) is 0.639. The summed E-state index contributed by atoms with van der Waals surface area (Å²) in [5.41, 5.74) is 0. The van der Waals surface area contributed by atoms with Crippen LogP contribution in [0.3, 0.4) is 0 Å². The lowest BCUT2D eigenvalue weighted by molar-refractivity contribution is -0.133. The maximum atomic E-state index is 12.5. The predicted octanol–water partition coefficient (Wildman–Crippen LogP) is 3.07. The molecule has 1 aliphatic carbocycles. The van der Waals surface area contributed by atoms with Gasteiger partial charge in [0.25, 0.3) is 0 Å². The van der Waals surface area contributed by atoms with Crippen LogP contribution in [0.4, 0.5) is 0 Å². The zero-order chi connectivity index (χ0) is 20.5. The van der Waals surface area contributed by atoms with Gasteiger partial charge < -0.3 is 4.90 Å². The van der Waals surface area contributed by atoms with E-state index >= 15 is 0 Å². The molecule has 3 aliphatic rings. The topological polar surface area (TPSA) is 49.5 Å². The van der Waals surface area contributed by atoms with Gasteiger partial charge in [0.05, 0.1) is 18.1 Å². The molecule has 0 bridgehead atoms. The van der Waals surface area contributed by atoms with Gasteiger partial charge >= 0.3 is 0 Å². The van der Waals surface area contributed by atoms with E-state index in [4.69, 9.17) is 17.3 Å². The number of aromatic nitrogens is 3. The molecule has 0 aromatic carbocycles. The minimum Gasteiger partial charge on any atom is -0.342 e. The number of piperidine rings is 1. The first-order valence-corrected chi connectivity index (χ1v) is 12.4. The van der Waals surface area contributed by atoms with Crippen molar-refractivity contribution in [2.75, 3.05) is 45.8 Å². The molecule has 7 nitrogen and oxygen atoms in total. The lowest BCUT2D eigenvalue weighted by Gasteiger charge is -2.35. The van der Waals surface area contributed by atoms with Crippen molar-refractivity contribution in [2.24, 2.45) is 0 Å². The number of piperazine rings is 1. The monoisotopic (exact) mass is 446 g/mol. The largest absolute Gasteiger partial charge is 0.342 e. The Hall–Kier alpha value is -1.55. The van der Waals surface area contributed by atoms with E-state index in [-0.39, 0.29) is 0 Å². The number of nitrogens with zero attached hydrogens (tertiary/aromatic N) is 6. The standard InChI is InChI=1S/C21H30N6OS2/c28-19(25-8-2-1-3-9-25)15-23-10-12-24(13-11-23)16-26-21(29)27(17-6-7-17)20(22-26)18-5-4-14-30-18/h4-5,14,17H,1-3,6-13,15-16H2. The number of hydrogen-bond donors (Lipinski definition) is 0. The molecular formula is C21H30N6OS2. The van der Waals surface area contributed by atoms with Gasteiger partial charge in [0.15, 0.2) is 10.6 Å². The highest BCUT2D eigenvalue weighted by molar-refractivity contribution is 7.71. The van der Waals surface area contributed by atoms with E-state index in [0.29, 0.717) is 18.5 Å². The Balaban J connectivity index is 1.19. The summed E-state index contributed by atoms with van der Waals surface area (Å²) in [6, 6.07) is 4.72. The Morgan fingerprint density at radius 1 is 1.07 bits per heavy atom. The van der Waals surface area contributed by atoms with Crippen molar-refractivity contribution in [3.63, 3.8) is 0 Å². The van der Waals surface area contributed by atoms with Gasteiger partial charge in [-0.2, -0.15) is 0 Å². The third-order valence-corrected chi connectivity index (χ3v) is 7.66. The second-order valence-electron chi connectivity index (χ2n) is 8.66. The van der Waals surface area contributed by atoms with Crippen molar-refractivity contribution in [1.29, 1.82) is 0 Å². The molecule has 2 aromatic rings. The molecule has 4 heterocycles. The summed E-state index contributed by atoms with van der Waals surface area (Å²) in [5, 5.41) is 7.00. The van der Waals surface area contributed by atoms with E-state index < -0.39 is 0 Å². The Kier molecular flexibility index (Phi) is 6.04. The van der Waals surface area contributed by atoms with Crippen LogP contribution in [-0.2, 0) is 11.5 Å². The van der Waals surface area contributed by atoms with Crippen LogP contribution in [0.1, 0.15) is 38.1 Å². The SMILES string of the molecule is O=C(CN1CCN(Cn2nc(-c3cccs3)n(C3CC3)c2=S)CC1)N1CCCCC1. The van der Waals surface area contributed by atoms with Gasteiger partial charge in [-0.25, -0.2) is 4.68 Å². The molecule has 0 spiro atoms. The maximum absolute atomic E-state index is 12.5. The molecule has 2 aliphatic heterocycles. The van der Waals surface area contributed by atoms with Gasteiger partial charge in [-0.15, -0.1) is 16.4 Å². The van der Waals surface area contributed by atoms with E-state index in [1.807, 2.05) is 9.58 Å². The second kappa shape index (κ2) is 8.90. The first-order valence-electron chi connectivity index (χ1n) is 11.1. The molecule has 2 saturated heterocycles. The minimum atomic E-state index is 0.300. The van der Waals surface area contributed by atoms with Gasteiger partial charge in [-0.1, -0.05) is 6.07 Å². The average molecular weight is 447 g/mol. The molecular weight excluding hydrogens is 416 g/mol. The van der Waals surface area contributed by atoms with Crippen molar-refractivity contribution in [3.8, 4) is 10.7 Å². The summed E-state index contributed by atoms with van der Waals surface area (Å²) in [6.45, 7) is 6.90. The van der Waals surface area contributed by atoms with E-state index in [2.05, 4.69) is 31.9 Å². The lowest BCUT2D eigenvalue weighted by atomic mass is 10.1. The Labute approximate surface area is 186 Å². The Morgan fingerprint density at radius 2 is 1.80 bits per heavy atom. The molecule has 162 valence electrons. The van der Waals surface area contributed by atoms with Crippen molar-refractivity contribution in [3.05, 3.63) is 22.3 Å². The summed E-state index contributed by atoms with van der Waals surface area (Å²) in [4.78, 5) is 20.5. The van der Waals surface area contributed by atoms with Gasteiger partial charge in [-0.3, -0.25) is 19.2 Å². The third kappa shape index (κ3) is 4.39. The molecule has 1 saturated carbocycles. The smallest absolute Gasteiger partial charge is 0.236 e. The minimum absolute atomic E-state index is 0.300. The first-order chi connectivity index (χ1) is 14.7. The van der Waals surface area contributed by atoms with Crippen LogP contribution < -0.4 is 0 Å². The number of carbonyl (C=O) groups excluding carboxylic acids is 1. The van der Waals surface area contributed by atoms with E-state index in [9.17, 15) is 4.79 Å². The zero-order valence-electron chi connectivity index (χ0n) is 17.4. The number of likely N-dealkylation sites (tertiary alicyclic amines) is 1. The van der Waals surface area contributed by atoms with Gasteiger partial charge in [0.2, 0.25) is 5.91 Å². The first kappa shape index (κ1) is 20.4. The molecule has 5 rings (SSSR count). The van der Waals surface area contributed by atoms with Gasteiger partial charge in [0, 0.05) is 45.3 Å². The highest BCUT2D eigenvalue weighted by atomic mass is 32.1. The highest BCUT2D eigenvalue weighted by Crippen LogP contribution is 2.39. The van der Waals surface area contributed by atoms with E-state index in [1.165, 1.54) is 24.1 Å². The maximum Gasteiger partial charge on any atom is 0.236 e. The van der Waals surface area contributed by atoms with Crippen molar-refractivity contribution >= 4 is 29.5 Å². The van der Waals surface area contributed by atoms with Crippen LogP contribution in [0.15, 0.2) is 17.5 Å². The zero-order valence-corrected chi connectivity index (χ0v) is 19.0. The highest BCUT2D eigenvalue weighted by Gasteiger charge is 2.30. The van der Waals surface area contributed by atoms with Gasteiger partial charge in [0.1, 0.15) is 0 Å². The molecule has 1 amide bonds. The number of hydrogen-bond acceptors (Lipinski definition) is 6. The number of amides is 1. The fourth-order valence-electron chi connectivity index (χ4n) is 4.46. The fourth-order valence-corrected chi connectivity index (χ4v) is 5.50. The number of rotatable bonds is 6. The van der Waals surface area contributed by atoms with Crippen LogP contribution in [0.2, 0.25) is 0 Å². The molecule has 0 N–H and O–H groups in total. The molecule has 3 fully saturated rings. The molecule has 0 radical (unpaired) electrons. The van der Waals surface area contributed by atoms with Crippen LogP contribution in [0.25, 0.3) is 10.7 Å². The third-order valence-electron chi connectivity index (χ3n) is 6.39. The summed E-state index contributed by atoms with van der Waals surface area (Å²) >= 11 is 7.53. The van der Waals surface area contributed by atoms with Crippen LogP contribution in [0, 0.1) is 4.77 Å². The normalized spacial score (nSPS) is 21.3. The summed E-state index contributed by atoms with van der Waals surface area (Å²) in [5.74, 6) is 1.32. The second-order valence-corrected chi connectivity index (χ2v) is 9.97. The van der Waals surface area contributed by atoms with E-state index in [1.54, 1.807) is 11.3 Å². The summed E-state index contributed by atoms with van der Waals surface area (Å²) in [7, 11) is 0. The van der Waals surface area contributed by atoms with E-state index in [0.717, 1.165) is 69.4 Å². The molecule has 30 heavy (non-hydrogen) atoms. The molecule has 0 unspecified atom stereocenters.